The van der Waals surface area contributed by atoms with E-state index in [0.29, 0.717) is 12.8 Å². The highest BCUT2D eigenvalue weighted by Crippen LogP contribution is 2.27. The molecule has 0 aromatic rings. The molecule has 5 nitrogen and oxygen atoms in total. The van der Waals surface area contributed by atoms with Gasteiger partial charge >= 0.3 is 12.0 Å². The highest BCUT2D eigenvalue weighted by molar-refractivity contribution is 5.76. The van der Waals surface area contributed by atoms with E-state index in [1.54, 1.807) is 0 Å². The molecule has 0 radical (unpaired) electrons. The predicted molar refractivity (Wildman–Crippen MR) is 51.0 cm³/mol. The zero-order chi connectivity index (χ0) is 10.7. The van der Waals surface area contributed by atoms with Crippen LogP contribution in [0.25, 0.3) is 0 Å². The Hall–Kier alpha value is -1.26. The van der Waals surface area contributed by atoms with Crippen molar-refractivity contribution in [3.8, 4) is 0 Å². The van der Waals surface area contributed by atoms with Crippen LogP contribution in [0.15, 0.2) is 0 Å². The van der Waals surface area contributed by atoms with Crippen molar-refractivity contribution in [3.63, 3.8) is 0 Å². The highest BCUT2D eigenvalue weighted by atomic mass is 16.4. The lowest BCUT2D eigenvalue weighted by Gasteiger charge is -2.32. The number of aliphatic carboxylic acids is 1. The first kappa shape index (κ1) is 10.8. The number of carbonyl (C=O) groups excluding carboxylic acids is 1. The second-order valence-electron chi connectivity index (χ2n) is 3.98. The van der Waals surface area contributed by atoms with Crippen LogP contribution in [-0.2, 0) is 4.79 Å². The van der Waals surface area contributed by atoms with E-state index in [-0.39, 0.29) is 24.0 Å². The van der Waals surface area contributed by atoms with Gasteiger partial charge in [-0.05, 0) is 26.7 Å². The Kier molecular flexibility index (Phi) is 3.33. The van der Waals surface area contributed by atoms with Gasteiger partial charge in [0.05, 0.1) is 5.92 Å². The van der Waals surface area contributed by atoms with E-state index in [2.05, 4.69) is 10.6 Å². The van der Waals surface area contributed by atoms with E-state index < -0.39 is 5.97 Å². The average Bonchev–Trinajstić information content (AvgIpc) is 1.93. The van der Waals surface area contributed by atoms with E-state index in [9.17, 15) is 9.59 Å². The highest BCUT2D eigenvalue weighted by Gasteiger charge is 2.35. The minimum atomic E-state index is -0.771. The quantitative estimate of drug-likeness (QED) is 0.622. The topological polar surface area (TPSA) is 78.4 Å². The fourth-order valence-corrected chi connectivity index (χ4v) is 1.43. The van der Waals surface area contributed by atoms with Gasteiger partial charge in [-0.3, -0.25) is 4.79 Å². The minimum Gasteiger partial charge on any atom is -0.481 e. The Labute approximate surface area is 82.9 Å². The van der Waals surface area contributed by atoms with E-state index in [1.807, 2.05) is 13.8 Å². The van der Waals surface area contributed by atoms with Crippen molar-refractivity contribution in [2.45, 2.75) is 38.8 Å². The molecule has 80 valence electrons. The molecule has 0 aliphatic heterocycles. The van der Waals surface area contributed by atoms with Crippen molar-refractivity contribution in [1.82, 2.24) is 10.6 Å². The van der Waals surface area contributed by atoms with E-state index in [4.69, 9.17) is 5.11 Å². The lowest BCUT2D eigenvalue weighted by molar-refractivity contribution is -0.145. The van der Waals surface area contributed by atoms with Crippen molar-refractivity contribution >= 4 is 12.0 Å². The number of hydrogen-bond acceptors (Lipinski definition) is 2. The molecule has 1 aliphatic rings. The Morgan fingerprint density at radius 3 is 2.36 bits per heavy atom. The minimum absolute atomic E-state index is 0.0230. The first-order chi connectivity index (χ1) is 6.49. The maximum atomic E-state index is 11.2. The van der Waals surface area contributed by atoms with Crippen molar-refractivity contribution in [1.29, 1.82) is 0 Å². The summed E-state index contributed by atoms with van der Waals surface area (Å²) >= 11 is 0. The molecule has 0 heterocycles. The summed E-state index contributed by atoms with van der Waals surface area (Å²) in [5.41, 5.74) is 0. The summed E-state index contributed by atoms with van der Waals surface area (Å²) in [4.78, 5) is 21.6. The van der Waals surface area contributed by atoms with Gasteiger partial charge in [-0.25, -0.2) is 4.79 Å². The molecular formula is C9H16N2O3. The number of hydrogen-bond donors (Lipinski definition) is 3. The molecule has 0 atom stereocenters. The number of urea groups is 1. The third kappa shape index (κ3) is 2.90. The standard InChI is InChI=1S/C9H16N2O3/c1-5(2)10-9(14)11-7-3-6(4-7)8(12)13/h5-7H,3-4H2,1-2H3,(H,12,13)(H2,10,11,14). The largest absolute Gasteiger partial charge is 0.481 e. The van der Waals surface area contributed by atoms with E-state index in [0.717, 1.165) is 0 Å². The summed E-state index contributed by atoms with van der Waals surface area (Å²) in [5.74, 6) is -1.05. The van der Waals surface area contributed by atoms with Gasteiger partial charge in [-0.15, -0.1) is 0 Å². The second kappa shape index (κ2) is 4.30. The van der Waals surface area contributed by atoms with Gasteiger partial charge < -0.3 is 15.7 Å². The molecule has 1 fully saturated rings. The fourth-order valence-electron chi connectivity index (χ4n) is 1.43. The van der Waals surface area contributed by atoms with Gasteiger partial charge in [0.1, 0.15) is 0 Å². The molecule has 0 aromatic carbocycles. The summed E-state index contributed by atoms with van der Waals surface area (Å²) in [7, 11) is 0. The first-order valence-electron chi connectivity index (χ1n) is 4.79. The lowest BCUT2D eigenvalue weighted by Crippen LogP contribution is -2.51. The molecule has 1 rings (SSSR count). The predicted octanol–water partition coefficient (Wildman–Crippen LogP) is 0.557. The summed E-state index contributed by atoms with van der Waals surface area (Å²) in [6.45, 7) is 3.75. The van der Waals surface area contributed by atoms with Crippen LogP contribution in [0.4, 0.5) is 4.79 Å². The van der Waals surface area contributed by atoms with Crippen LogP contribution in [-0.4, -0.2) is 29.2 Å². The Bertz CT molecular complexity index is 234. The molecular weight excluding hydrogens is 184 g/mol. The molecule has 5 heteroatoms. The number of carboxylic acid groups (broad SMARTS) is 1. The van der Waals surface area contributed by atoms with Gasteiger partial charge in [0.15, 0.2) is 0 Å². The number of rotatable bonds is 3. The molecule has 0 bridgehead atoms. The van der Waals surface area contributed by atoms with Gasteiger partial charge in [0.25, 0.3) is 0 Å². The number of nitrogens with one attached hydrogen (secondary N) is 2. The summed E-state index contributed by atoms with van der Waals surface area (Å²) in [6, 6.07) is -0.0889. The van der Waals surface area contributed by atoms with Gasteiger partial charge in [-0.1, -0.05) is 0 Å². The second-order valence-corrected chi connectivity index (χ2v) is 3.98. The van der Waals surface area contributed by atoms with Crippen molar-refractivity contribution < 1.29 is 14.7 Å². The number of amides is 2. The van der Waals surface area contributed by atoms with Gasteiger partial charge in [0, 0.05) is 12.1 Å². The average molecular weight is 200 g/mol. The third-order valence-corrected chi connectivity index (χ3v) is 2.24. The normalized spacial score (nSPS) is 25.4. The lowest BCUT2D eigenvalue weighted by atomic mass is 9.80. The van der Waals surface area contributed by atoms with Crippen LogP contribution >= 0.6 is 0 Å². The molecule has 3 N–H and O–H groups in total. The van der Waals surface area contributed by atoms with Gasteiger partial charge in [-0.2, -0.15) is 0 Å². The number of carbonyl (C=O) groups is 2. The molecule has 0 spiro atoms. The zero-order valence-corrected chi connectivity index (χ0v) is 8.41. The maximum Gasteiger partial charge on any atom is 0.315 e. The van der Waals surface area contributed by atoms with Crippen LogP contribution in [0.1, 0.15) is 26.7 Å². The Morgan fingerprint density at radius 1 is 1.36 bits per heavy atom. The summed E-state index contributed by atoms with van der Waals surface area (Å²) < 4.78 is 0. The van der Waals surface area contributed by atoms with Crippen LogP contribution in [0.3, 0.4) is 0 Å². The Morgan fingerprint density at radius 2 is 1.93 bits per heavy atom. The van der Waals surface area contributed by atoms with Crippen molar-refractivity contribution in [2.24, 2.45) is 5.92 Å². The molecule has 2 amide bonds. The van der Waals surface area contributed by atoms with E-state index in [1.165, 1.54) is 0 Å². The third-order valence-electron chi connectivity index (χ3n) is 2.24. The molecule has 0 unspecified atom stereocenters. The van der Waals surface area contributed by atoms with Crippen molar-refractivity contribution in [2.75, 3.05) is 0 Å². The SMILES string of the molecule is CC(C)NC(=O)NC1CC(C(=O)O)C1. The van der Waals surface area contributed by atoms with Gasteiger partial charge in [0.2, 0.25) is 0 Å². The molecule has 1 aliphatic carbocycles. The molecule has 14 heavy (non-hydrogen) atoms. The Balaban J connectivity index is 2.16. The van der Waals surface area contributed by atoms with Crippen LogP contribution < -0.4 is 10.6 Å². The fraction of sp³-hybridized carbons (Fsp3) is 0.778. The van der Waals surface area contributed by atoms with Crippen LogP contribution in [0.5, 0.6) is 0 Å². The molecule has 0 aromatic heterocycles. The summed E-state index contributed by atoms with van der Waals surface area (Å²) in [6.07, 6.45) is 1.09. The first-order valence-corrected chi connectivity index (χ1v) is 4.79. The van der Waals surface area contributed by atoms with Crippen LogP contribution in [0.2, 0.25) is 0 Å². The summed E-state index contributed by atoms with van der Waals surface area (Å²) in [5, 5.41) is 14.0. The maximum absolute atomic E-state index is 11.2. The number of carboxylic acids is 1. The van der Waals surface area contributed by atoms with Crippen LogP contribution in [0, 0.1) is 5.92 Å². The van der Waals surface area contributed by atoms with Crippen molar-refractivity contribution in [3.05, 3.63) is 0 Å². The molecule has 1 saturated carbocycles. The zero-order valence-electron chi connectivity index (χ0n) is 8.41. The molecule has 0 saturated heterocycles. The van der Waals surface area contributed by atoms with E-state index >= 15 is 0 Å². The smallest absolute Gasteiger partial charge is 0.315 e. The monoisotopic (exact) mass is 200 g/mol.